The Morgan fingerprint density at radius 3 is 2.15 bits per heavy atom. The zero-order valence-corrected chi connectivity index (χ0v) is 9.33. The molecule has 2 radical (unpaired) electrons. The second-order valence-electron chi connectivity index (χ2n) is 2.22. The number of methoxy groups -OCH3 is 3. The normalized spacial score (nSPS) is 11.6. The first kappa shape index (κ1) is 12.8. The van der Waals surface area contributed by atoms with Crippen molar-refractivity contribution in [1.29, 1.82) is 0 Å². The van der Waals surface area contributed by atoms with E-state index in [1.165, 1.54) is 21.3 Å². The maximum absolute atomic E-state index is 5.29. The minimum atomic E-state index is -1.08. The fourth-order valence-corrected chi connectivity index (χ4v) is 1.20. The summed E-state index contributed by atoms with van der Waals surface area (Å²) in [5.41, 5.74) is 0. The lowest BCUT2D eigenvalue weighted by Gasteiger charge is -2.28. The van der Waals surface area contributed by atoms with Crippen LogP contribution in [0.15, 0.2) is 12.7 Å². The Bertz CT molecular complexity index is 128. The van der Waals surface area contributed by atoms with Crippen LogP contribution in [0.5, 0.6) is 0 Å². The molecule has 0 saturated carbocycles. The van der Waals surface area contributed by atoms with Gasteiger partial charge in [0.2, 0.25) is 9.76 Å². The second kappa shape index (κ2) is 7.22. The van der Waals surface area contributed by atoms with Crippen LogP contribution in [-0.2, 0) is 18.6 Å². The van der Waals surface area contributed by atoms with Crippen molar-refractivity contribution in [3.8, 4) is 0 Å². The lowest BCUT2D eigenvalue weighted by Crippen LogP contribution is -2.41. The van der Waals surface area contributed by atoms with Gasteiger partial charge in [0.25, 0.3) is 0 Å². The summed E-state index contributed by atoms with van der Waals surface area (Å²) in [6, 6.07) is 0.827. The Kier molecular flexibility index (Phi) is 7.11. The molecule has 0 aliphatic carbocycles. The highest BCUT2D eigenvalue weighted by molar-refractivity contribution is 6.27. The van der Waals surface area contributed by atoms with Gasteiger partial charge in [0.05, 0.1) is 0 Å². The molecule has 0 aliphatic rings. The molecule has 0 aromatic carbocycles. The molecular formula is C8H16O4Si. The molecule has 0 saturated heterocycles. The molecule has 5 heteroatoms. The average molecular weight is 204 g/mol. The molecule has 0 atom stereocenters. The minimum Gasteiger partial charge on any atom is -0.409 e. The number of ether oxygens (including phenoxy) is 3. The molecule has 0 unspecified atom stereocenters. The zero-order chi connectivity index (χ0) is 10.2. The summed E-state index contributed by atoms with van der Waals surface area (Å²) < 4.78 is 20.4. The third-order valence-corrected chi connectivity index (χ3v) is 2.32. The van der Waals surface area contributed by atoms with E-state index in [1.807, 2.05) is 0 Å². The smallest absolute Gasteiger partial charge is 0.305 e. The predicted octanol–water partition coefficient (Wildman–Crippen LogP) is 0.819. The van der Waals surface area contributed by atoms with Crippen molar-refractivity contribution in [2.24, 2.45) is 0 Å². The van der Waals surface area contributed by atoms with Crippen molar-refractivity contribution >= 4 is 9.76 Å². The van der Waals surface area contributed by atoms with Gasteiger partial charge in [-0.3, -0.25) is 0 Å². The molecule has 0 aromatic heterocycles. The van der Waals surface area contributed by atoms with Crippen LogP contribution in [0.25, 0.3) is 0 Å². The van der Waals surface area contributed by atoms with Gasteiger partial charge in [0.15, 0.2) is 0 Å². The van der Waals surface area contributed by atoms with Crippen molar-refractivity contribution in [2.45, 2.75) is 12.0 Å². The van der Waals surface area contributed by atoms with E-state index >= 15 is 0 Å². The fourth-order valence-electron chi connectivity index (χ4n) is 0.684. The van der Waals surface area contributed by atoms with Gasteiger partial charge in [0, 0.05) is 21.3 Å². The number of hydrogen-bond acceptors (Lipinski definition) is 4. The summed E-state index contributed by atoms with van der Waals surface area (Å²) in [5.74, 6) is -1.08. The van der Waals surface area contributed by atoms with Crippen molar-refractivity contribution in [1.82, 2.24) is 0 Å². The van der Waals surface area contributed by atoms with Crippen LogP contribution in [0.3, 0.4) is 0 Å². The molecule has 76 valence electrons. The van der Waals surface area contributed by atoms with E-state index in [4.69, 9.17) is 18.6 Å². The molecule has 0 aliphatic heterocycles. The Hall–Kier alpha value is -0.203. The van der Waals surface area contributed by atoms with E-state index in [-0.39, 0.29) is 6.61 Å². The van der Waals surface area contributed by atoms with Gasteiger partial charge >= 0.3 is 5.97 Å². The predicted molar refractivity (Wildman–Crippen MR) is 50.5 cm³/mol. The van der Waals surface area contributed by atoms with Gasteiger partial charge in [-0.2, -0.15) is 0 Å². The quantitative estimate of drug-likeness (QED) is 0.254. The van der Waals surface area contributed by atoms with Crippen LogP contribution in [0.1, 0.15) is 0 Å². The molecule has 0 heterocycles. The highest BCUT2D eigenvalue weighted by atomic mass is 28.2. The van der Waals surface area contributed by atoms with Crippen LogP contribution in [0, 0.1) is 0 Å². The minimum absolute atomic E-state index is 0.253. The first-order chi connectivity index (χ1) is 6.24. The molecule has 0 N–H and O–H groups in total. The molecule has 0 bridgehead atoms. The number of hydrogen-bond donors (Lipinski definition) is 0. The van der Waals surface area contributed by atoms with Crippen LogP contribution in [0.2, 0.25) is 6.04 Å². The molecule has 0 aromatic rings. The Morgan fingerprint density at radius 2 is 1.77 bits per heavy atom. The molecule has 0 spiro atoms. The summed E-state index contributed by atoms with van der Waals surface area (Å²) in [6.07, 6.45) is 1.80. The van der Waals surface area contributed by atoms with Crippen molar-refractivity contribution < 1.29 is 18.6 Å². The Labute approximate surface area is 81.8 Å². The van der Waals surface area contributed by atoms with Gasteiger partial charge in [-0.1, -0.05) is 6.08 Å². The van der Waals surface area contributed by atoms with Crippen molar-refractivity contribution in [3.63, 3.8) is 0 Å². The van der Waals surface area contributed by atoms with Crippen LogP contribution in [-0.4, -0.2) is 43.7 Å². The monoisotopic (exact) mass is 204 g/mol. The highest BCUT2D eigenvalue weighted by Crippen LogP contribution is 2.11. The van der Waals surface area contributed by atoms with E-state index in [1.54, 1.807) is 6.08 Å². The second-order valence-corrected chi connectivity index (χ2v) is 3.21. The largest absolute Gasteiger partial charge is 0.409 e. The first-order valence-electron chi connectivity index (χ1n) is 3.85. The van der Waals surface area contributed by atoms with E-state index in [0.717, 1.165) is 6.04 Å². The van der Waals surface area contributed by atoms with Crippen molar-refractivity contribution in [2.75, 3.05) is 27.9 Å². The zero-order valence-electron chi connectivity index (χ0n) is 8.33. The standard InChI is InChI=1S/C8H16O4Si/c1-5-6-13-12-7-8(9-2,10-3)11-4/h5H,1,6-7H2,2-4H3. The molecule has 0 amide bonds. The third-order valence-electron chi connectivity index (χ3n) is 1.51. The molecule has 0 rings (SSSR count). The highest BCUT2D eigenvalue weighted by Gasteiger charge is 2.29. The fraction of sp³-hybridized carbons (Fsp3) is 0.750. The number of allylic oxidation sites excluding steroid dienone is 1. The summed E-state index contributed by atoms with van der Waals surface area (Å²) >= 11 is 0. The molecule has 4 nitrogen and oxygen atoms in total. The summed E-state index contributed by atoms with van der Waals surface area (Å²) in [7, 11) is 4.88. The van der Waals surface area contributed by atoms with Crippen molar-refractivity contribution in [3.05, 3.63) is 12.7 Å². The maximum Gasteiger partial charge on any atom is 0.305 e. The van der Waals surface area contributed by atoms with E-state index in [0.29, 0.717) is 9.76 Å². The van der Waals surface area contributed by atoms with E-state index in [9.17, 15) is 0 Å². The number of rotatable bonds is 8. The lowest BCUT2D eigenvalue weighted by atomic mass is 10.6. The Balaban J connectivity index is 3.74. The van der Waals surface area contributed by atoms with Gasteiger partial charge in [-0.15, -0.1) is 6.58 Å². The topological polar surface area (TPSA) is 36.9 Å². The van der Waals surface area contributed by atoms with Gasteiger partial charge < -0.3 is 18.6 Å². The third kappa shape index (κ3) is 4.54. The average Bonchev–Trinajstić information content (AvgIpc) is 2.20. The summed E-state index contributed by atoms with van der Waals surface area (Å²) in [6.45, 7) is 3.84. The lowest BCUT2D eigenvalue weighted by molar-refractivity contribution is -0.361. The summed E-state index contributed by atoms with van der Waals surface area (Å²) in [5, 5.41) is 0. The van der Waals surface area contributed by atoms with E-state index in [2.05, 4.69) is 6.58 Å². The summed E-state index contributed by atoms with van der Waals surface area (Å²) in [4.78, 5) is 0. The van der Waals surface area contributed by atoms with Gasteiger partial charge in [0.1, 0.15) is 6.61 Å². The maximum atomic E-state index is 5.29. The van der Waals surface area contributed by atoms with Crippen LogP contribution < -0.4 is 0 Å². The van der Waals surface area contributed by atoms with E-state index < -0.39 is 5.97 Å². The van der Waals surface area contributed by atoms with Crippen LogP contribution >= 0.6 is 0 Å². The SMILES string of the molecule is C=CC[Si]OCC(OC)(OC)OC. The molecular weight excluding hydrogens is 188 g/mol. The molecule has 0 fully saturated rings. The molecule has 13 heavy (non-hydrogen) atoms. The Morgan fingerprint density at radius 1 is 1.23 bits per heavy atom. The van der Waals surface area contributed by atoms with Crippen LogP contribution in [0.4, 0.5) is 0 Å². The first-order valence-corrected chi connectivity index (χ1v) is 4.97. The van der Waals surface area contributed by atoms with Gasteiger partial charge in [-0.25, -0.2) is 0 Å². The van der Waals surface area contributed by atoms with Gasteiger partial charge in [-0.05, 0) is 6.04 Å².